The molecule has 0 aromatic heterocycles. The zero-order chi connectivity index (χ0) is 13.0. The summed E-state index contributed by atoms with van der Waals surface area (Å²) in [4.78, 5) is 27.6. The number of carbonyl (C=O) groups excluding carboxylic acids is 2. The lowest BCUT2D eigenvalue weighted by Gasteiger charge is -2.10. The first-order valence-corrected chi connectivity index (χ1v) is 5.69. The minimum atomic E-state index is -0.466. The van der Waals surface area contributed by atoms with Gasteiger partial charge in [0, 0.05) is 11.6 Å². The Morgan fingerprint density at radius 3 is 2.56 bits per heavy atom. The Labute approximate surface area is 105 Å². The molecule has 0 atom stereocenters. The Bertz CT molecular complexity index is 474. The predicted molar refractivity (Wildman–Crippen MR) is 66.3 cm³/mol. The maximum absolute atomic E-state index is 11.6. The number of hydrogen-bond acceptors (Lipinski definition) is 3. The monoisotopic (exact) mass is 246 g/mol. The van der Waals surface area contributed by atoms with Crippen LogP contribution in [-0.2, 0) is 9.63 Å². The highest BCUT2D eigenvalue weighted by atomic mass is 16.7. The number of carbonyl (C=O) groups is 2. The molecule has 0 bridgehead atoms. The molecule has 2 N–H and O–H groups in total. The Kier molecular flexibility index (Phi) is 3.74. The summed E-state index contributed by atoms with van der Waals surface area (Å²) in [7, 11) is 0. The van der Waals surface area contributed by atoms with E-state index in [1.807, 2.05) is 0 Å². The van der Waals surface area contributed by atoms with Gasteiger partial charge in [-0.1, -0.05) is 12.1 Å². The zero-order valence-electron chi connectivity index (χ0n) is 9.83. The highest BCUT2D eigenvalue weighted by Gasteiger charge is 2.16. The van der Waals surface area contributed by atoms with E-state index in [-0.39, 0.29) is 5.91 Å². The number of benzene rings is 1. The number of amides is 2. The lowest BCUT2D eigenvalue weighted by molar-refractivity contribution is -0.162. The van der Waals surface area contributed by atoms with E-state index >= 15 is 0 Å². The highest BCUT2D eigenvalue weighted by Crippen LogP contribution is 2.08. The Balaban J connectivity index is 1.99. The van der Waals surface area contributed by atoms with Gasteiger partial charge in [-0.25, -0.2) is 5.06 Å². The number of primary amides is 1. The lowest BCUT2D eigenvalue weighted by Crippen LogP contribution is -2.24. The number of nitrogens with two attached hydrogens (primary N) is 1. The van der Waals surface area contributed by atoms with Gasteiger partial charge < -0.3 is 5.73 Å². The number of nitrogens with zero attached hydrogens (tertiary/aromatic N) is 1. The lowest BCUT2D eigenvalue weighted by atomic mass is 10.1. The van der Waals surface area contributed by atoms with Crippen molar-refractivity contribution in [2.24, 2.45) is 5.73 Å². The first-order valence-electron chi connectivity index (χ1n) is 5.69. The van der Waals surface area contributed by atoms with Crippen molar-refractivity contribution in [3.63, 3.8) is 0 Å². The maximum atomic E-state index is 11.6. The first kappa shape index (κ1) is 12.3. The van der Waals surface area contributed by atoms with Gasteiger partial charge in [0.25, 0.3) is 5.91 Å². The summed E-state index contributed by atoms with van der Waals surface area (Å²) in [5.74, 6) is -0.640. The number of hydroxylamine groups is 2. The van der Waals surface area contributed by atoms with Gasteiger partial charge in [-0.05, 0) is 30.2 Å². The van der Waals surface area contributed by atoms with Crippen LogP contribution in [0.3, 0.4) is 0 Å². The van der Waals surface area contributed by atoms with Crippen molar-refractivity contribution in [1.29, 1.82) is 0 Å². The van der Waals surface area contributed by atoms with E-state index < -0.39 is 5.91 Å². The van der Waals surface area contributed by atoms with Crippen molar-refractivity contribution in [2.45, 2.75) is 6.42 Å². The summed E-state index contributed by atoms with van der Waals surface area (Å²) < 4.78 is 0. The molecule has 2 amide bonds. The molecule has 0 radical (unpaired) electrons. The number of hydrogen-bond donors (Lipinski definition) is 1. The van der Waals surface area contributed by atoms with Gasteiger partial charge in [0.15, 0.2) is 0 Å². The van der Waals surface area contributed by atoms with Crippen LogP contribution in [-0.4, -0.2) is 30.0 Å². The van der Waals surface area contributed by atoms with Crippen LogP contribution in [0.25, 0.3) is 6.08 Å². The fraction of sp³-hybridized carbons (Fsp3) is 0.231. The second-order valence-electron chi connectivity index (χ2n) is 3.95. The molecule has 1 heterocycles. The summed E-state index contributed by atoms with van der Waals surface area (Å²) in [5, 5.41) is 1.34. The minimum absolute atomic E-state index is 0.175. The molecule has 1 aromatic rings. The topological polar surface area (TPSA) is 72.6 Å². The van der Waals surface area contributed by atoms with Crippen molar-refractivity contribution < 1.29 is 14.4 Å². The largest absolute Gasteiger partial charge is 0.366 e. The summed E-state index contributed by atoms with van der Waals surface area (Å²) in [6.07, 6.45) is 3.99. The predicted octanol–water partition coefficient (Wildman–Crippen LogP) is 0.963. The standard InChI is InChI=1S/C13H14N2O3/c14-13(17)11-5-2-10(3-6-11)4-7-12(16)15-8-1-9-18-15/h2-7H,1,8-9H2,(H2,14,17)/b7-4+. The van der Waals surface area contributed by atoms with Gasteiger partial charge in [-0.15, -0.1) is 0 Å². The molecular weight excluding hydrogens is 232 g/mol. The molecule has 0 saturated carbocycles. The summed E-state index contributed by atoms with van der Waals surface area (Å²) in [5.41, 5.74) is 6.41. The molecule has 1 aromatic carbocycles. The van der Waals surface area contributed by atoms with Crippen molar-refractivity contribution in [2.75, 3.05) is 13.2 Å². The van der Waals surface area contributed by atoms with Gasteiger partial charge >= 0.3 is 0 Å². The Hall–Kier alpha value is -2.14. The average molecular weight is 246 g/mol. The minimum Gasteiger partial charge on any atom is -0.366 e. The fourth-order valence-corrected chi connectivity index (χ4v) is 1.63. The number of rotatable bonds is 3. The van der Waals surface area contributed by atoms with Gasteiger partial charge in [0.05, 0.1) is 13.2 Å². The summed E-state index contributed by atoms with van der Waals surface area (Å²) in [6.45, 7) is 1.22. The van der Waals surface area contributed by atoms with E-state index in [0.717, 1.165) is 12.0 Å². The third-order valence-corrected chi connectivity index (χ3v) is 2.61. The van der Waals surface area contributed by atoms with Gasteiger partial charge in [0.1, 0.15) is 0 Å². The van der Waals surface area contributed by atoms with E-state index in [4.69, 9.17) is 10.6 Å². The quantitative estimate of drug-likeness (QED) is 0.807. The van der Waals surface area contributed by atoms with E-state index in [1.165, 1.54) is 11.1 Å². The molecule has 1 aliphatic rings. The van der Waals surface area contributed by atoms with E-state index in [2.05, 4.69) is 0 Å². The maximum Gasteiger partial charge on any atom is 0.270 e. The smallest absolute Gasteiger partial charge is 0.270 e. The van der Waals surface area contributed by atoms with Crippen LogP contribution >= 0.6 is 0 Å². The van der Waals surface area contributed by atoms with Gasteiger partial charge in [-0.3, -0.25) is 14.4 Å². The fourth-order valence-electron chi connectivity index (χ4n) is 1.63. The summed E-state index contributed by atoms with van der Waals surface area (Å²) >= 11 is 0. The molecule has 94 valence electrons. The van der Waals surface area contributed by atoms with Crippen molar-refractivity contribution in [3.05, 3.63) is 41.5 Å². The molecule has 1 fully saturated rings. The molecule has 0 spiro atoms. The second-order valence-corrected chi connectivity index (χ2v) is 3.95. The molecule has 1 saturated heterocycles. The third kappa shape index (κ3) is 2.95. The van der Waals surface area contributed by atoms with E-state index in [0.29, 0.717) is 18.7 Å². The molecule has 0 aliphatic carbocycles. The zero-order valence-corrected chi connectivity index (χ0v) is 9.83. The molecule has 5 nitrogen and oxygen atoms in total. The van der Waals surface area contributed by atoms with Crippen molar-refractivity contribution >= 4 is 17.9 Å². The SMILES string of the molecule is NC(=O)c1ccc(/C=C/C(=O)N2CCCO2)cc1. The van der Waals surface area contributed by atoms with Crippen LogP contribution in [0.4, 0.5) is 0 Å². The Morgan fingerprint density at radius 2 is 2.00 bits per heavy atom. The van der Waals surface area contributed by atoms with E-state index in [9.17, 15) is 9.59 Å². The molecule has 18 heavy (non-hydrogen) atoms. The van der Waals surface area contributed by atoms with Crippen LogP contribution in [0.1, 0.15) is 22.3 Å². The van der Waals surface area contributed by atoms with Crippen molar-refractivity contribution in [1.82, 2.24) is 5.06 Å². The van der Waals surface area contributed by atoms with Crippen LogP contribution in [0.15, 0.2) is 30.3 Å². The average Bonchev–Trinajstić information content (AvgIpc) is 2.90. The van der Waals surface area contributed by atoms with Crippen LogP contribution in [0, 0.1) is 0 Å². The molecule has 0 unspecified atom stereocenters. The normalized spacial score (nSPS) is 15.2. The van der Waals surface area contributed by atoms with Crippen LogP contribution < -0.4 is 5.73 Å². The van der Waals surface area contributed by atoms with Gasteiger partial charge in [-0.2, -0.15) is 0 Å². The molecule has 5 heteroatoms. The summed E-state index contributed by atoms with van der Waals surface area (Å²) in [6, 6.07) is 6.71. The van der Waals surface area contributed by atoms with Crippen LogP contribution in [0.2, 0.25) is 0 Å². The molecular formula is C13H14N2O3. The molecule has 2 rings (SSSR count). The van der Waals surface area contributed by atoms with Crippen LogP contribution in [0.5, 0.6) is 0 Å². The van der Waals surface area contributed by atoms with Crippen molar-refractivity contribution in [3.8, 4) is 0 Å². The third-order valence-electron chi connectivity index (χ3n) is 2.61. The molecule has 1 aliphatic heterocycles. The second kappa shape index (κ2) is 5.46. The van der Waals surface area contributed by atoms with Gasteiger partial charge in [0.2, 0.25) is 5.91 Å². The highest BCUT2D eigenvalue weighted by molar-refractivity contribution is 5.93. The Morgan fingerprint density at radius 1 is 1.28 bits per heavy atom. The van der Waals surface area contributed by atoms with E-state index in [1.54, 1.807) is 30.3 Å². The first-order chi connectivity index (χ1) is 8.66.